The van der Waals surface area contributed by atoms with Gasteiger partial charge < -0.3 is 26.2 Å². The molecule has 4 rings (SSSR count). The van der Waals surface area contributed by atoms with E-state index in [-0.39, 0.29) is 31.6 Å². The lowest BCUT2D eigenvalue weighted by atomic mass is 9.73. The number of hydrogen-bond acceptors (Lipinski definition) is 6. The third-order valence-corrected chi connectivity index (χ3v) is 5.92. The van der Waals surface area contributed by atoms with Gasteiger partial charge >= 0.3 is 0 Å². The molecule has 1 unspecified atom stereocenters. The van der Waals surface area contributed by atoms with E-state index < -0.39 is 0 Å². The first-order valence-electron chi connectivity index (χ1n) is 8.85. The summed E-state index contributed by atoms with van der Waals surface area (Å²) < 4.78 is 0. The van der Waals surface area contributed by atoms with Gasteiger partial charge in [-0.2, -0.15) is 0 Å². The molecule has 2 aliphatic rings. The van der Waals surface area contributed by atoms with Crippen molar-refractivity contribution < 1.29 is 20.4 Å². The summed E-state index contributed by atoms with van der Waals surface area (Å²) in [7, 11) is 2.07. The van der Waals surface area contributed by atoms with Crippen molar-refractivity contribution in [3.63, 3.8) is 0 Å². The average molecular weight is 356 g/mol. The molecule has 26 heavy (non-hydrogen) atoms. The number of hydrogen-bond donors (Lipinski definition) is 5. The van der Waals surface area contributed by atoms with Crippen molar-refractivity contribution in [2.75, 3.05) is 19.3 Å². The Kier molecular flexibility index (Phi) is 4.16. The number of rotatable bonds is 3. The van der Waals surface area contributed by atoms with Gasteiger partial charge in [0.2, 0.25) is 0 Å². The molecule has 2 aromatic rings. The summed E-state index contributed by atoms with van der Waals surface area (Å²) in [5, 5.41) is 40.4. The van der Waals surface area contributed by atoms with Crippen LogP contribution in [-0.4, -0.2) is 38.9 Å². The van der Waals surface area contributed by atoms with Gasteiger partial charge in [0.25, 0.3) is 0 Å². The maximum atomic E-state index is 10.8. The predicted molar refractivity (Wildman–Crippen MR) is 98.5 cm³/mol. The maximum Gasteiger partial charge on any atom is 0.129 e. The maximum absolute atomic E-state index is 10.8. The minimum absolute atomic E-state index is 0.00960. The Bertz CT molecular complexity index is 894. The fourth-order valence-corrected chi connectivity index (χ4v) is 4.58. The number of fused-ring (bicyclic) bond motifs is 2. The molecule has 1 aliphatic heterocycles. The van der Waals surface area contributed by atoms with Crippen LogP contribution in [0.3, 0.4) is 0 Å². The summed E-state index contributed by atoms with van der Waals surface area (Å²) in [5.41, 5.74) is 12.9. The molecule has 0 spiro atoms. The SMILES string of the molecule is CN1CCc2cc(CO)c(CO)c3c2C1Cc1c(N)cc(CO)c(O)c1-3. The van der Waals surface area contributed by atoms with E-state index in [0.29, 0.717) is 34.4 Å². The second-order valence-corrected chi connectivity index (χ2v) is 7.21. The Labute approximate surface area is 152 Å². The smallest absolute Gasteiger partial charge is 0.129 e. The standard InChI is InChI=1S/C20H24N2O4/c1-22-3-2-10-4-11(7-23)14(9-25)18-17(10)16(22)6-13-15(21)5-12(8-24)20(26)19(13)18/h4-5,16,23-26H,2-3,6-9,21H2,1H3. The number of phenols is 1. The van der Waals surface area contributed by atoms with Gasteiger partial charge in [-0.05, 0) is 59.3 Å². The van der Waals surface area contributed by atoms with Crippen LogP contribution in [0.1, 0.15) is 39.4 Å². The van der Waals surface area contributed by atoms with Gasteiger partial charge in [-0.1, -0.05) is 6.07 Å². The van der Waals surface area contributed by atoms with Crippen molar-refractivity contribution in [3.05, 3.63) is 45.5 Å². The van der Waals surface area contributed by atoms with Gasteiger partial charge in [0, 0.05) is 29.4 Å². The second kappa shape index (κ2) is 6.25. The molecule has 1 heterocycles. The molecule has 6 N–H and O–H groups in total. The van der Waals surface area contributed by atoms with Crippen molar-refractivity contribution in [2.24, 2.45) is 0 Å². The summed E-state index contributed by atoms with van der Waals surface area (Å²) in [6.07, 6.45) is 1.51. The van der Waals surface area contributed by atoms with Gasteiger partial charge in [0.05, 0.1) is 19.8 Å². The zero-order chi connectivity index (χ0) is 18.6. The lowest BCUT2D eigenvalue weighted by Gasteiger charge is -2.41. The number of anilines is 1. The molecule has 138 valence electrons. The quantitative estimate of drug-likeness (QED) is 0.418. The highest BCUT2D eigenvalue weighted by atomic mass is 16.3. The number of aliphatic hydroxyl groups excluding tert-OH is 3. The molecule has 0 saturated heterocycles. The number of likely N-dealkylation sites (N-methyl/N-ethyl adjacent to an activating group) is 1. The number of nitrogens with zero attached hydrogens (tertiary/aromatic N) is 1. The first kappa shape index (κ1) is 17.3. The molecule has 0 radical (unpaired) electrons. The Hall–Kier alpha value is -2.12. The molecule has 6 heteroatoms. The summed E-state index contributed by atoms with van der Waals surface area (Å²) in [4.78, 5) is 2.27. The van der Waals surface area contributed by atoms with Crippen LogP contribution in [0, 0.1) is 0 Å². The monoisotopic (exact) mass is 356 g/mol. The topological polar surface area (TPSA) is 110 Å². The van der Waals surface area contributed by atoms with E-state index in [9.17, 15) is 20.4 Å². The molecule has 0 aromatic heterocycles. The zero-order valence-corrected chi connectivity index (χ0v) is 14.8. The Morgan fingerprint density at radius 3 is 2.46 bits per heavy atom. The van der Waals surface area contributed by atoms with E-state index in [0.717, 1.165) is 35.2 Å². The Morgan fingerprint density at radius 2 is 1.81 bits per heavy atom. The fourth-order valence-electron chi connectivity index (χ4n) is 4.58. The van der Waals surface area contributed by atoms with Crippen LogP contribution in [-0.2, 0) is 32.7 Å². The van der Waals surface area contributed by atoms with Gasteiger partial charge in [-0.25, -0.2) is 0 Å². The summed E-state index contributed by atoms with van der Waals surface area (Å²) >= 11 is 0. The third-order valence-electron chi connectivity index (χ3n) is 5.92. The Balaban J connectivity index is 2.15. The predicted octanol–water partition coefficient (Wildman–Crippen LogP) is 1.20. The van der Waals surface area contributed by atoms with Crippen molar-refractivity contribution in [1.82, 2.24) is 4.90 Å². The van der Waals surface area contributed by atoms with Gasteiger partial charge in [0.1, 0.15) is 5.75 Å². The molecule has 0 amide bonds. The number of aliphatic hydroxyl groups is 3. The lowest BCUT2D eigenvalue weighted by molar-refractivity contribution is 0.225. The third kappa shape index (κ3) is 2.27. The van der Waals surface area contributed by atoms with Gasteiger partial charge in [0.15, 0.2) is 0 Å². The zero-order valence-electron chi connectivity index (χ0n) is 14.8. The highest BCUT2D eigenvalue weighted by Gasteiger charge is 2.37. The van der Waals surface area contributed by atoms with Crippen LogP contribution in [0.15, 0.2) is 12.1 Å². The summed E-state index contributed by atoms with van der Waals surface area (Å²) in [5.74, 6) is 0.00960. The number of nitrogen functional groups attached to an aromatic ring is 1. The number of benzene rings is 2. The fraction of sp³-hybridized carbons (Fsp3) is 0.400. The molecule has 6 nitrogen and oxygen atoms in total. The molecule has 0 bridgehead atoms. The number of nitrogens with two attached hydrogens (primary N) is 1. The summed E-state index contributed by atoms with van der Waals surface area (Å²) in [6, 6.07) is 3.71. The normalized spacial score (nSPS) is 18.5. The highest BCUT2D eigenvalue weighted by molar-refractivity contribution is 5.88. The first-order chi connectivity index (χ1) is 12.5. The van der Waals surface area contributed by atoms with Crippen molar-refractivity contribution in [1.29, 1.82) is 0 Å². The van der Waals surface area contributed by atoms with Crippen molar-refractivity contribution >= 4 is 5.69 Å². The molecule has 1 aliphatic carbocycles. The van der Waals surface area contributed by atoms with E-state index in [2.05, 4.69) is 11.9 Å². The number of aromatic hydroxyl groups is 1. The van der Waals surface area contributed by atoms with E-state index >= 15 is 0 Å². The lowest BCUT2D eigenvalue weighted by Crippen LogP contribution is -2.36. The van der Waals surface area contributed by atoms with Crippen LogP contribution in [0.2, 0.25) is 0 Å². The van der Waals surface area contributed by atoms with Crippen LogP contribution in [0.5, 0.6) is 5.75 Å². The molecule has 0 fully saturated rings. The van der Waals surface area contributed by atoms with E-state index in [1.165, 1.54) is 0 Å². The van der Waals surface area contributed by atoms with E-state index in [1.54, 1.807) is 6.07 Å². The van der Waals surface area contributed by atoms with Crippen LogP contribution >= 0.6 is 0 Å². The van der Waals surface area contributed by atoms with E-state index in [1.807, 2.05) is 6.07 Å². The van der Waals surface area contributed by atoms with Crippen molar-refractivity contribution in [3.8, 4) is 16.9 Å². The molecule has 1 atom stereocenters. The molecule has 2 aromatic carbocycles. The summed E-state index contributed by atoms with van der Waals surface area (Å²) in [6.45, 7) is 0.165. The second-order valence-electron chi connectivity index (χ2n) is 7.21. The highest BCUT2D eigenvalue weighted by Crippen LogP contribution is 2.52. The molecule has 0 saturated carbocycles. The van der Waals surface area contributed by atoms with Crippen molar-refractivity contribution in [2.45, 2.75) is 38.7 Å². The first-order valence-corrected chi connectivity index (χ1v) is 8.85. The van der Waals surface area contributed by atoms with Crippen LogP contribution in [0.25, 0.3) is 11.1 Å². The van der Waals surface area contributed by atoms with E-state index in [4.69, 9.17) is 5.73 Å². The van der Waals surface area contributed by atoms with Gasteiger partial charge in [-0.3, -0.25) is 4.90 Å². The average Bonchev–Trinajstić information content (AvgIpc) is 2.66. The molecular formula is C20H24N2O4. The van der Waals surface area contributed by atoms with Crippen LogP contribution in [0.4, 0.5) is 5.69 Å². The molecular weight excluding hydrogens is 332 g/mol. The minimum atomic E-state index is -0.316. The van der Waals surface area contributed by atoms with Gasteiger partial charge in [-0.15, -0.1) is 0 Å². The largest absolute Gasteiger partial charge is 0.507 e. The minimum Gasteiger partial charge on any atom is -0.507 e. The Morgan fingerprint density at radius 1 is 1.08 bits per heavy atom. The van der Waals surface area contributed by atoms with Crippen LogP contribution < -0.4 is 5.73 Å².